The van der Waals surface area contributed by atoms with Crippen LogP contribution in [-0.2, 0) is 17.7 Å². The van der Waals surface area contributed by atoms with Crippen molar-refractivity contribution in [2.45, 2.75) is 12.8 Å². The third-order valence-electron chi connectivity index (χ3n) is 5.46. The van der Waals surface area contributed by atoms with E-state index >= 15 is 0 Å². The highest BCUT2D eigenvalue weighted by Gasteiger charge is 2.29. The second kappa shape index (κ2) is 8.43. The molecule has 1 aliphatic rings. The zero-order valence-electron chi connectivity index (χ0n) is 18.1. The van der Waals surface area contributed by atoms with Gasteiger partial charge in [-0.05, 0) is 42.7 Å². The lowest BCUT2D eigenvalue weighted by Gasteiger charge is -2.14. The number of benzene rings is 1. The second-order valence-corrected chi connectivity index (χ2v) is 8.32. The largest absolute Gasteiger partial charge is 0.399 e. The van der Waals surface area contributed by atoms with Crippen molar-refractivity contribution in [3.05, 3.63) is 59.4 Å². The Morgan fingerprint density at radius 2 is 1.94 bits per heavy atom. The summed E-state index contributed by atoms with van der Waals surface area (Å²) >= 11 is 1.67. The number of aryl methyl sites for hydroxylation is 1. The Bertz CT molecular complexity index is 1270. The Labute approximate surface area is 190 Å². The lowest BCUT2D eigenvalue weighted by Crippen LogP contribution is -2.06. The summed E-state index contributed by atoms with van der Waals surface area (Å²) < 4.78 is 2.03. The molecular formula is C23H23N7OS. The number of aromatic nitrogens is 4. The number of hydrogen-bond acceptors (Lipinski definition) is 8. The number of fused-ring (bicyclic) bond motifs is 3. The smallest absolute Gasteiger partial charge is 0.183 e. The molecule has 162 valence electrons. The Balaban J connectivity index is 1.67. The molecule has 4 aromatic rings. The molecule has 2 N–H and O–H groups in total. The van der Waals surface area contributed by atoms with Gasteiger partial charge in [0.15, 0.2) is 5.13 Å². The molecular weight excluding hydrogens is 422 g/mol. The van der Waals surface area contributed by atoms with Crippen molar-refractivity contribution in [2.75, 3.05) is 31.8 Å². The molecule has 5 rings (SSSR count). The van der Waals surface area contributed by atoms with Gasteiger partial charge < -0.3 is 15.5 Å². The van der Waals surface area contributed by atoms with Gasteiger partial charge in [-0.2, -0.15) is 5.10 Å². The lowest BCUT2D eigenvalue weighted by atomic mass is 9.95. The van der Waals surface area contributed by atoms with Crippen LogP contribution in [0.15, 0.2) is 47.8 Å². The molecule has 0 bridgehead atoms. The van der Waals surface area contributed by atoms with Gasteiger partial charge in [-0.1, -0.05) is 28.6 Å². The van der Waals surface area contributed by atoms with Crippen molar-refractivity contribution in [3.63, 3.8) is 0 Å². The van der Waals surface area contributed by atoms with Crippen LogP contribution in [0.25, 0.3) is 27.5 Å². The van der Waals surface area contributed by atoms with E-state index in [4.69, 9.17) is 14.9 Å². The van der Waals surface area contributed by atoms with E-state index in [1.807, 2.05) is 55.3 Å². The van der Waals surface area contributed by atoms with Crippen molar-refractivity contribution in [1.29, 1.82) is 0 Å². The highest BCUT2D eigenvalue weighted by molar-refractivity contribution is 7.19. The Morgan fingerprint density at radius 3 is 2.62 bits per heavy atom. The number of hydrogen-bond donors (Lipinski definition) is 2. The normalized spacial score (nSPS) is 12.5. The Hall–Kier alpha value is -3.72. The minimum Gasteiger partial charge on any atom is -0.399 e. The summed E-state index contributed by atoms with van der Waals surface area (Å²) in [5.74, 6) is 0.832. The highest BCUT2D eigenvalue weighted by Crippen LogP contribution is 2.44. The number of oxime groups is 1. The molecule has 0 unspecified atom stereocenters. The van der Waals surface area contributed by atoms with Crippen molar-refractivity contribution in [1.82, 2.24) is 19.7 Å². The molecule has 0 atom stereocenters. The van der Waals surface area contributed by atoms with E-state index < -0.39 is 0 Å². The van der Waals surface area contributed by atoms with Crippen LogP contribution in [0.2, 0.25) is 0 Å². The maximum atomic E-state index is 5.07. The zero-order chi connectivity index (χ0) is 22.1. The molecule has 3 aromatic heterocycles. The summed E-state index contributed by atoms with van der Waals surface area (Å²) in [6.45, 7) is 0. The van der Waals surface area contributed by atoms with Gasteiger partial charge in [-0.25, -0.2) is 14.6 Å². The molecule has 0 saturated heterocycles. The van der Waals surface area contributed by atoms with Gasteiger partial charge in [0, 0.05) is 31.4 Å². The van der Waals surface area contributed by atoms with Gasteiger partial charge in [-0.15, -0.1) is 0 Å². The SMILES string of the molecule is CNc1ccc(-c2nn(-c3ccc(/C=N/OC)cc3)c3c2CCc2nc(NC)sc2-3)cn1. The van der Waals surface area contributed by atoms with Gasteiger partial charge >= 0.3 is 0 Å². The molecule has 3 heterocycles. The Kier molecular flexibility index (Phi) is 5.32. The number of nitrogens with one attached hydrogen (secondary N) is 2. The fraction of sp³-hybridized carbons (Fsp3) is 0.217. The number of rotatable bonds is 6. The molecule has 0 aliphatic heterocycles. The fourth-order valence-electron chi connectivity index (χ4n) is 3.89. The molecule has 0 amide bonds. The predicted octanol–water partition coefficient (Wildman–Crippen LogP) is 4.22. The van der Waals surface area contributed by atoms with Crippen molar-refractivity contribution < 1.29 is 4.84 Å². The first-order chi connectivity index (χ1) is 15.7. The minimum absolute atomic E-state index is 0.832. The zero-order valence-corrected chi connectivity index (χ0v) is 18.9. The maximum absolute atomic E-state index is 5.07. The van der Waals surface area contributed by atoms with Crippen LogP contribution in [0.1, 0.15) is 16.8 Å². The van der Waals surface area contributed by atoms with Crippen LogP contribution in [-0.4, -0.2) is 47.2 Å². The minimum atomic E-state index is 0.832. The van der Waals surface area contributed by atoms with Crippen LogP contribution in [0.3, 0.4) is 0 Å². The van der Waals surface area contributed by atoms with E-state index in [9.17, 15) is 0 Å². The first-order valence-corrected chi connectivity index (χ1v) is 11.1. The number of nitrogens with zero attached hydrogens (tertiary/aromatic N) is 5. The second-order valence-electron chi connectivity index (χ2n) is 7.32. The molecule has 0 saturated carbocycles. The van der Waals surface area contributed by atoms with E-state index in [2.05, 4.69) is 26.8 Å². The summed E-state index contributed by atoms with van der Waals surface area (Å²) in [5.41, 5.74) is 7.36. The third kappa shape index (κ3) is 3.50. The van der Waals surface area contributed by atoms with Crippen LogP contribution in [0, 0.1) is 0 Å². The van der Waals surface area contributed by atoms with Crippen molar-refractivity contribution >= 4 is 28.5 Å². The quantitative estimate of drug-likeness (QED) is 0.341. The predicted molar refractivity (Wildman–Crippen MR) is 129 cm³/mol. The summed E-state index contributed by atoms with van der Waals surface area (Å²) in [6.07, 6.45) is 5.35. The van der Waals surface area contributed by atoms with Gasteiger partial charge in [-0.3, -0.25) is 0 Å². The molecule has 32 heavy (non-hydrogen) atoms. The standard InChI is InChI=1S/C23H23N7OS/c1-24-19-11-6-15(13-26-19)20-17-9-10-18-22(32-23(25-2)28-18)21(17)30(29-20)16-7-4-14(5-8-16)12-27-31-3/h4-8,11-13H,9-10H2,1-3H3,(H,24,26)(H,25,28)/b27-12+. The third-order valence-corrected chi connectivity index (χ3v) is 6.58. The van der Waals surface area contributed by atoms with E-state index in [1.54, 1.807) is 17.6 Å². The van der Waals surface area contributed by atoms with Gasteiger partial charge in [0.2, 0.25) is 0 Å². The lowest BCUT2D eigenvalue weighted by molar-refractivity contribution is 0.215. The summed E-state index contributed by atoms with van der Waals surface area (Å²) in [6, 6.07) is 12.1. The molecule has 0 radical (unpaired) electrons. The summed E-state index contributed by atoms with van der Waals surface area (Å²) in [4.78, 5) is 15.2. The maximum Gasteiger partial charge on any atom is 0.183 e. The first-order valence-electron chi connectivity index (χ1n) is 10.3. The first kappa shape index (κ1) is 20.2. The summed E-state index contributed by atoms with van der Waals surface area (Å²) in [5, 5.41) is 16.1. The topological polar surface area (TPSA) is 89.2 Å². The number of anilines is 2. The van der Waals surface area contributed by atoms with E-state index in [0.717, 1.165) is 57.7 Å². The molecule has 9 heteroatoms. The average Bonchev–Trinajstić information content (AvgIpc) is 3.44. The van der Waals surface area contributed by atoms with E-state index in [0.29, 0.717) is 0 Å². The average molecular weight is 446 g/mol. The molecule has 8 nitrogen and oxygen atoms in total. The molecule has 0 fully saturated rings. The molecule has 0 spiro atoms. The van der Waals surface area contributed by atoms with Crippen molar-refractivity contribution in [3.8, 4) is 27.5 Å². The van der Waals surface area contributed by atoms with E-state index in [1.165, 1.54) is 17.6 Å². The van der Waals surface area contributed by atoms with Crippen molar-refractivity contribution in [2.24, 2.45) is 5.16 Å². The highest BCUT2D eigenvalue weighted by atomic mass is 32.1. The molecule has 1 aliphatic carbocycles. The van der Waals surface area contributed by atoms with Gasteiger partial charge in [0.1, 0.15) is 12.9 Å². The molecule has 1 aromatic carbocycles. The van der Waals surface area contributed by atoms with E-state index in [-0.39, 0.29) is 0 Å². The summed E-state index contributed by atoms with van der Waals surface area (Å²) in [7, 11) is 5.31. The number of thiazole rings is 1. The van der Waals surface area contributed by atoms with Crippen LogP contribution in [0.5, 0.6) is 0 Å². The van der Waals surface area contributed by atoms with Crippen LogP contribution >= 0.6 is 11.3 Å². The van der Waals surface area contributed by atoms with Gasteiger partial charge in [0.25, 0.3) is 0 Å². The monoisotopic (exact) mass is 445 g/mol. The fourth-order valence-corrected chi connectivity index (χ4v) is 4.92. The number of pyridine rings is 1. The Morgan fingerprint density at radius 1 is 1.09 bits per heavy atom. The van der Waals surface area contributed by atoms with Gasteiger partial charge in [0.05, 0.1) is 33.9 Å². The van der Waals surface area contributed by atoms with Crippen LogP contribution < -0.4 is 10.6 Å². The van der Waals surface area contributed by atoms with Crippen LogP contribution in [0.4, 0.5) is 10.9 Å².